The van der Waals surface area contributed by atoms with Gasteiger partial charge in [-0.25, -0.2) is 19.9 Å². The van der Waals surface area contributed by atoms with Crippen molar-refractivity contribution in [1.29, 1.82) is 0 Å². The van der Waals surface area contributed by atoms with Crippen LogP contribution in [0.1, 0.15) is 11.4 Å². The van der Waals surface area contributed by atoms with Crippen molar-refractivity contribution in [3.05, 3.63) is 47.1 Å². The zero-order valence-electron chi connectivity index (χ0n) is 11.6. The van der Waals surface area contributed by atoms with Gasteiger partial charge in [-0.2, -0.15) is 8.78 Å². The Kier molecular flexibility index (Phi) is 3.99. The summed E-state index contributed by atoms with van der Waals surface area (Å²) in [5.74, 6) is -0.438. The van der Waals surface area contributed by atoms with Gasteiger partial charge in [0.15, 0.2) is 0 Å². The minimum atomic E-state index is -3.64. The summed E-state index contributed by atoms with van der Waals surface area (Å²) in [4.78, 5) is 15.3. The molecule has 0 saturated heterocycles. The minimum absolute atomic E-state index is 0.0614. The molecule has 0 aliphatic rings. The standard InChI is InChI=1S/C14H8Cl2F2N4O/c1-7-2-3-10(23-13-20-4-8(15)5-21-13)9-6-19-12(14(16,17)18)22-11(7)9/h2-6H,1H3. The zero-order valence-corrected chi connectivity index (χ0v) is 13.1. The van der Waals surface area contributed by atoms with Gasteiger partial charge in [0.25, 0.3) is 0 Å². The van der Waals surface area contributed by atoms with Gasteiger partial charge >= 0.3 is 11.4 Å². The van der Waals surface area contributed by atoms with Crippen LogP contribution in [0.15, 0.2) is 30.7 Å². The number of hydrogen-bond donors (Lipinski definition) is 0. The van der Waals surface area contributed by atoms with E-state index in [-0.39, 0.29) is 6.01 Å². The van der Waals surface area contributed by atoms with Gasteiger partial charge in [-0.1, -0.05) is 17.7 Å². The quantitative estimate of drug-likeness (QED) is 0.648. The number of fused-ring (bicyclic) bond motifs is 1. The molecule has 0 N–H and O–H groups in total. The van der Waals surface area contributed by atoms with E-state index in [1.165, 1.54) is 18.6 Å². The Labute approximate surface area is 139 Å². The second kappa shape index (κ2) is 5.82. The van der Waals surface area contributed by atoms with Crippen molar-refractivity contribution in [3.63, 3.8) is 0 Å². The van der Waals surface area contributed by atoms with Gasteiger partial charge in [-0.15, -0.1) is 0 Å². The third-order valence-electron chi connectivity index (χ3n) is 2.96. The third kappa shape index (κ3) is 3.30. The van der Waals surface area contributed by atoms with Crippen LogP contribution in [0, 0.1) is 6.92 Å². The largest absolute Gasteiger partial charge is 0.424 e. The van der Waals surface area contributed by atoms with Crippen LogP contribution in [0.4, 0.5) is 8.78 Å². The Morgan fingerprint density at radius 2 is 1.78 bits per heavy atom. The van der Waals surface area contributed by atoms with E-state index in [2.05, 4.69) is 19.9 Å². The van der Waals surface area contributed by atoms with Crippen molar-refractivity contribution >= 4 is 34.1 Å². The molecule has 0 bridgehead atoms. The number of aromatic nitrogens is 4. The van der Waals surface area contributed by atoms with Crippen molar-refractivity contribution in [3.8, 4) is 11.8 Å². The van der Waals surface area contributed by atoms with Gasteiger partial charge in [0.05, 0.1) is 28.3 Å². The number of hydrogen-bond acceptors (Lipinski definition) is 5. The Morgan fingerprint density at radius 1 is 1.09 bits per heavy atom. The molecule has 23 heavy (non-hydrogen) atoms. The second-order valence-electron chi connectivity index (χ2n) is 4.62. The summed E-state index contributed by atoms with van der Waals surface area (Å²) in [5.41, 5.74) is 0.982. The van der Waals surface area contributed by atoms with Crippen LogP contribution in [0.2, 0.25) is 5.02 Å². The van der Waals surface area contributed by atoms with Crippen molar-refractivity contribution < 1.29 is 13.5 Å². The van der Waals surface area contributed by atoms with Gasteiger partial charge in [0.1, 0.15) is 5.75 Å². The predicted octanol–water partition coefficient (Wildman–Crippen LogP) is 4.46. The van der Waals surface area contributed by atoms with Crippen LogP contribution in [0.3, 0.4) is 0 Å². The molecule has 1 aromatic carbocycles. The summed E-state index contributed by atoms with van der Waals surface area (Å²) in [6, 6.07) is 3.39. The summed E-state index contributed by atoms with van der Waals surface area (Å²) >= 11 is 10.7. The normalized spacial score (nSPS) is 11.7. The van der Waals surface area contributed by atoms with E-state index in [0.29, 0.717) is 27.2 Å². The fraction of sp³-hybridized carbons (Fsp3) is 0.143. The first kappa shape index (κ1) is 15.8. The lowest BCUT2D eigenvalue weighted by Gasteiger charge is -2.11. The topological polar surface area (TPSA) is 60.8 Å². The van der Waals surface area contributed by atoms with E-state index >= 15 is 0 Å². The third-order valence-corrected chi connectivity index (χ3v) is 3.33. The van der Waals surface area contributed by atoms with Gasteiger partial charge < -0.3 is 4.74 Å². The molecule has 3 rings (SSSR count). The maximum atomic E-state index is 13.2. The highest BCUT2D eigenvalue weighted by molar-refractivity contribution is 6.30. The minimum Gasteiger partial charge on any atom is -0.424 e. The van der Waals surface area contributed by atoms with Crippen LogP contribution in [0.25, 0.3) is 10.9 Å². The van der Waals surface area contributed by atoms with Crippen molar-refractivity contribution in [2.45, 2.75) is 12.3 Å². The Balaban J connectivity index is 2.08. The Hall–Kier alpha value is -2.12. The Bertz CT molecular complexity index is 869. The number of ether oxygens (including phenoxy) is 1. The van der Waals surface area contributed by atoms with Crippen LogP contribution < -0.4 is 4.74 Å². The first-order valence-corrected chi connectivity index (χ1v) is 7.09. The molecule has 2 heterocycles. The maximum Gasteiger partial charge on any atom is 0.381 e. The van der Waals surface area contributed by atoms with E-state index < -0.39 is 11.2 Å². The average Bonchev–Trinajstić information content (AvgIpc) is 2.51. The molecule has 118 valence electrons. The zero-order chi connectivity index (χ0) is 16.6. The molecule has 0 spiro atoms. The van der Waals surface area contributed by atoms with E-state index in [9.17, 15) is 8.78 Å². The lowest BCUT2D eigenvalue weighted by molar-refractivity contribution is 0.0848. The molecule has 9 heteroatoms. The lowest BCUT2D eigenvalue weighted by atomic mass is 10.1. The number of rotatable bonds is 3. The van der Waals surface area contributed by atoms with Crippen LogP contribution >= 0.6 is 23.2 Å². The number of aryl methyl sites for hydroxylation is 1. The highest BCUT2D eigenvalue weighted by Gasteiger charge is 2.32. The first-order chi connectivity index (χ1) is 10.8. The Morgan fingerprint density at radius 3 is 2.43 bits per heavy atom. The molecule has 3 aromatic rings. The molecule has 2 aromatic heterocycles. The molecule has 0 saturated carbocycles. The second-order valence-corrected chi connectivity index (χ2v) is 5.53. The summed E-state index contributed by atoms with van der Waals surface area (Å²) in [6.07, 6.45) is 3.98. The van der Waals surface area contributed by atoms with Crippen molar-refractivity contribution in [2.75, 3.05) is 0 Å². The summed E-state index contributed by atoms with van der Waals surface area (Å²) in [6.45, 7) is 1.73. The van der Waals surface area contributed by atoms with E-state index in [0.717, 1.165) is 0 Å². The van der Waals surface area contributed by atoms with E-state index in [4.69, 9.17) is 27.9 Å². The molecule has 0 atom stereocenters. The first-order valence-electron chi connectivity index (χ1n) is 6.33. The molecule has 0 aliphatic carbocycles. The SMILES string of the molecule is Cc1ccc(Oc2ncc(Cl)cn2)c2cnc(C(F)(F)Cl)nc12. The highest BCUT2D eigenvalue weighted by Crippen LogP contribution is 2.34. The van der Waals surface area contributed by atoms with Gasteiger partial charge in [-0.05, 0) is 30.2 Å². The summed E-state index contributed by atoms with van der Waals surface area (Å²) < 4.78 is 31.9. The van der Waals surface area contributed by atoms with Gasteiger partial charge in [-0.3, -0.25) is 0 Å². The van der Waals surface area contributed by atoms with Crippen LogP contribution in [-0.4, -0.2) is 19.9 Å². The summed E-state index contributed by atoms with van der Waals surface area (Å²) in [5, 5.41) is -2.84. The number of halogens is 4. The molecular formula is C14H8Cl2F2N4O. The predicted molar refractivity (Wildman–Crippen MR) is 81.1 cm³/mol. The number of nitrogens with zero attached hydrogens (tertiary/aromatic N) is 4. The molecule has 5 nitrogen and oxygen atoms in total. The number of benzene rings is 1. The lowest BCUT2D eigenvalue weighted by Crippen LogP contribution is -2.09. The average molecular weight is 357 g/mol. The highest BCUT2D eigenvalue weighted by atomic mass is 35.5. The smallest absolute Gasteiger partial charge is 0.381 e. The van der Waals surface area contributed by atoms with Crippen molar-refractivity contribution in [1.82, 2.24) is 19.9 Å². The number of alkyl halides is 3. The van der Waals surface area contributed by atoms with Crippen LogP contribution in [0.5, 0.6) is 11.8 Å². The molecule has 0 aliphatic heterocycles. The fourth-order valence-electron chi connectivity index (χ4n) is 1.91. The monoisotopic (exact) mass is 356 g/mol. The fourth-order valence-corrected chi connectivity index (χ4v) is 2.10. The van der Waals surface area contributed by atoms with Crippen LogP contribution in [-0.2, 0) is 5.38 Å². The molecule has 0 unspecified atom stereocenters. The van der Waals surface area contributed by atoms with E-state index in [1.807, 2.05) is 0 Å². The van der Waals surface area contributed by atoms with E-state index in [1.54, 1.807) is 19.1 Å². The molecule has 0 radical (unpaired) electrons. The van der Waals surface area contributed by atoms with Gasteiger partial charge in [0.2, 0.25) is 5.82 Å². The molecule has 0 fully saturated rings. The van der Waals surface area contributed by atoms with Crippen molar-refractivity contribution in [2.24, 2.45) is 0 Å². The summed E-state index contributed by atoms with van der Waals surface area (Å²) in [7, 11) is 0. The van der Waals surface area contributed by atoms with Gasteiger partial charge in [0, 0.05) is 6.20 Å². The molecular weight excluding hydrogens is 349 g/mol. The molecule has 0 amide bonds. The maximum absolute atomic E-state index is 13.2.